The molecule has 1 N–H and O–H groups in total. The van der Waals surface area contributed by atoms with Crippen molar-refractivity contribution in [1.82, 2.24) is 9.97 Å². The van der Waals surface area contributed by atoms with E-state index in [0.717, 1.165) is 22.5 Å². The van der Waals surface area contributed by atoms with Crippen molar-refractivity contribution in [3.05, 3.63) is 53.3 Å². The molecule has 0 bridgehead atoms. The van der Waals surface area contributed by atoms with Crippen molar-refractivity contribution in [2.24, 2.45) is 0 Å². The van der Waals surface area contributed by atoms with Crippen LogP contribution in [0, 0.1) is 13.8 Å². The van der Waals surface area contributed by atoms with Gasteiger partial charge in [0.15, 0.2) is 0 Å². The van der Waals surface area contributed by atoms with Gasteiger partial charge in [0.2, 0.25) is 0 Å². The summed E-state index contributed by atoms with van der Waals surface area (Å²) in [6.07, 6.45) is 4.96. The number of hydrogen-bond donors (Lipinski definition) is 1. The molecule has 1 heterocycles. The van der Waals surface area contributed by atoms with Crippen molar-refractivity contribution in [1.29, 1.82) is 0 Å². The molecule has 3 nitrogen and oxygen atoms in total. The van der Waals surface area contributed by atoms with E-state index in [4.69, 9.17) is 9.97 Å². The first kappa shape index (κ1) is 14.9. The van der Waals surface area contributed by atoms with Crippen molar-refractivity contribution in [3.63, 3.8) is 0 Å². The average Bonchev–Trinajstić information content (AvgIpc) is 3.47. The number of rotatable bonds is 4. The molecule has 25 heavy (non-hydrogen) atoms. The Kier molecular flexibility index (Phi) is 3.30. The van der Waals surface area contributed by atoms with Gasteiger partial charge in [-0.1, -0.05) is 35.4 Å². The summed E-state index contributed by atoms with van der Waals surface area (Å²) in [4.78, 5) is 9.74. The number of nitrogens with one attached hydrogen (secondary N) is 1. The first-order chi connectivity index (χ1) is 12.2. The number of nitrogens with zero attached hydrogens (tertiary/aromatic N) is 2. The Labute approximate surface area is 148 Å². The van der Waals surface area contributed by atoms with Crippen molar-refractivity contribution < 1.29 is 0 Å². The van der Waals surface area contributed by atoms with Gasteiger partial charge in [-0.15, -0.1) is 0 Å². The van der Waals surface area contributed by atoms with E-state index in [1.165, 1.54) is 47.9 Å². The number of benzene rings is 2. The summed E-state index contributed by atoms with van der Waals surface area (Å²) in [7, 11) is 0. The minimum atomic E-state index is 0.572. The molecule has 5 rings (SSSR count). The highest BCUT2D eigenvalue weighted by Crippen LogP contribution is 2.40. The molecule has 2 saturated carbocycles. The fourth-order valence-corrected chi connectivity index (χ4v) is 3.52. The van der Waals surface area contributed by atoms with E-state index in [9.17, 15) is 0 Å². The fourth-order valence-electron chi connectivity index (χ4n) is 3.52. The van der Waals surface area contributed by atoms with Crippen LogP contribution in [0.4, 0.5) is 5.82 Å². The van der Waals surface area contributed by atoms with Crippen LogP contribution in [0.25, 0.3) is 22.0 Å². The zero-order valence-electron chi connectivity index (χ0n) is 14.8. The van der Waals surface area contributed by atoms with Gasteiger partial charge in [-0.2, -0.15) is 0 Å². The second kappa shape index (κ2) is 5.55. The molecular formula is C22H23N3. The van der Waals surface area contributed by atoms with Crippen molar-refractivity contribution in [3.8, 4) is 11.1 Å². The molecule has 0 unspecified atom stereocenters. The van der Waals surface area contributed by atoms with Gasteiger partial charge in [-0.05, 0) is 62.8 Å². The van der Waals surface area contributed by atoms with Gasteiger partial charge in [-0.25, -0.2) is 9.97 Å². The van der Waals surface area contributed by atoms with E-state index in [-0.39, 0.29) is 0 Å². The van der Waals surface area contributed by atoms with Gasteiger partial charge in [0.05, 0.1) is 5.52 Å². The largest absolute Gasteiger partial charge is 0.367 e. The Hall–Kier alpha value is -2.42. The van der Waals surface area contributed by atoms with Crippen LogP contribution in [-0.4, -0.2) is 16.0 Å². The highest BCUT2D eigenvalue weighted by atomic mass is 15.1. The highest BCUT2D eigenvalue weighted by Gasteiger charge is 2.29. The Morgan fingerprint density at radius 3 is 2.28 bits per heavy atom. The molecule has 2 fully saturated rings. The SMILES string of the molecule is Cc1cc(C)cc(-c2ccc3nc(C4CC4)nc(NC4CC4)c3c2)c1. The van der Waals surface area contributed by atoms with Crippen LogP contribution in [0.5, 0.6) is 0 Å². The van der Waals surface area contributed by atoms with E-state index in [1.54, 1.807) is 0 Å². The number of hydrogen-bond acceptors (Lipinski definition) is 3. The van der Waals surface area contributed by atoms with E-state index in [0.29, 0.717) is 12.0 Å². The summed E-state index contributed by atoms with van der Waals surface area (Å²) in [5.41, 5.74) is 6.16. The van der Waals surface area contributed by atoms with E-state index in [1.807, 2.05) is 0 Å². The number of fused-ring (bicyclic) bond motifs is 1. The average molecular weight is 329 g/mol. The normalized spacial score (nSPS) is 17.0. The van der Waals surface area contributed by atoms with Crippen molar-refractivity contribution in [2.75, 3.05) is 5.32 Å². The number of anilines is 1. The maximum atomic E-state index is 4.89. The first-order valence-electron chi connectivity index (χ1n) is 9.32. The molecule has 2 aromatic carbocycles. The lowest BCUT2D eigenvalue weighted by Gasteiger charge is -2.12. The van der Waals surface area contributed by atoms with Crippen LogP contribution in [0.15, 0.2) is 36.4 Å². The summed E-state index contributed by atoms with van der Waals surface area (Å²) in [6.45, 7) is 4.31. The summed E-state index contributed by atoms with van der Waals surface area (Å²) in [5.74, 6) is 2.62. The maximum absolute atomic E-state index is 4.89. The Balaban J connectivity index is 1.65. The minimum Gasteiger partial charge on any atom is -0.367 e. The quantitative estimate of drug-likeness (QED) is 0.699. The van der Waals surface area contributed by atoms with Crippen LogP contribution >= 0.6 is 0 Å². The van der Waals surface area contributed by atoms with Gasteiger partial charge in [0.25, 0.3) is 0 Å². The third kappa shape index (κ3) is 2.99. The summed E-state index contributed by atoms with van der Waals surface area (Å²) < 4.78 is 0. The third-order valence-corrected chi connectivity index (χ3v) is 5.13. The molecule has 0 spiro atoms. The number of aromatic nitrogens is 2. The standard InChI is InChI=1S/C22H23N3/c1-13-9-14(2)11-17(10-13)16-5-8-20-19(12-16)22(23-18-6-7-18)25-21(24-20)15-3-4-15/h5,8-12,15,18H,3-4,6-7H2,1-2H3,(H,23,24,25). The number of aryl methyl sites for hydroxylation is 2. The molecular weight excluding hydrogens is 306 g/mol. The lowest BCUT2D eigenvalue weighted by atomic mass is 9.99. The second-order valence-corrected chi connectivity index (χ2v) is 7.73. The lowest BCUT2D eigenvalue weighted by molar-refractivity contribution is 0.941. The van der Waals surface area contributed by atoms with Gasteiger partial charge >= 0.3 is 0 Å². The monoisotopic (exact) mass is 329 g/mol. The Morgan fingerprint density at radius 2 is 1.60 bits per heavy atom. The smallest absolute Gasteiger partial charge is 0.137 e. The van der Waals surface area contributed by atoms with E-state index < -0.39 is 0 Å². The molecule has 3 aromatic rings. The fraction of sp³-hybridized carbons (Fsp3) is 0.364. The van der Waals surface area contributed by atoms with Crippen LogP contribution in [0.1, 0.15) is 48.6 Å². The maximum Gasteiger partial charge on any atom is 0.137 e. The van der Waals surface area contributed by atoms with Crippen LogP contribution < -0.4 is 5.32 Å². The zero-order valence-corrected chi connectivity index (χ0v) is 14.8. The van der Waals surface area contributed by atoms with Crippen molar-refractivity contribution in [2.45, 2.75) is 51.5 Å². The molecule has 0 atom stereocenters. The molecule has 2 aliphatic carbocycles. The summed E-state index contributed by atoms with van der Waals surface area (Å²) in [5, 5.41) is 4.78. The lowest BCUT2D eigenvalue weighted by Crippen LogP contribution is -2.06. The molecule has 0 aliphatic heterocycles. The molecule has 0 amide bonds. The topological polar surface area (TPSA) is 37.8 Å². The highest BCUT2D eigenvalue weighted by molar-refractivity contribution is 5.93. The summed E-state index contributed by atoms with van der Waals surface area (Å²) in [6, 6.07) is 13.9. The van der Waals surface area contributed by atoms with Crippen LogP contribution in [0.2, 0.25) is 0 Å². The van der Waals surface area contributed by atoms with Crippen molar-refractivity contribution >= 4 is 16.7 Å². The molecule has 0 radical (unpaired) electrons. The molecule has 0 saturated heterocycles. The molecule has 1 aromatic heterocycles. The van der Waals surface area contributed by atoms with Gasteiger partial charge in [0, 0.05) is 17.3 Å². The predicted molar refractivity (Wildman–Crippen MR) is 103 cm³/mol. The second-order valence-electron chi connectivity index (χ2n) is 7.73. The third-order valence-electron chi connectivity index (χ3n) is 5.13. The Bertz CT molecular complexity index is 948. The first-order valence-corrected chi connectivity index (χ1v) is 9.32. The minimum absolute atomic E-state index is 0.572. The van der Waals surface area contributed by atoms with E-state index in [2.05, 4.69) is 55.6 Å². The van der Waals surface area contributed by atoms with Gasteiger partial charge in [-0.3, -0.25) is 0 Å². The molecule has 3 heteroatoms. The summed E-state index contributed by atoms with van der Waals surface area (Å²) >= 11 is 0. The van der Waals surface area contributed by atoms with E-state index >= 15 is 0 Å². The van der Waals surface area contributed by atoms with Gasteiger partial charge in [0.1, 0.15) is 11.6 Å². The Morgan fingerprint density at radius 1 is 0.840 bits per heavy atom. The molecule has 2 aliphatic rings. The van der Waals surface area contributed by atoms with Crippen LogP contribution in [-0.2, 0) is 0 Å². The predicted octanol–water partition coefficient (Wildman–Crippen LogP) is 5.37. The molecule has 126 valence electrons. The van der Waals surface area contributed by atoms with Gasteiger partial charge < -0.3 is 5.32 Å². The van der Waals surface area contributed by atoms with Crippen LogP contribution in [0.3, 0.4) is 0 Å². The zero-order chi connectivity index (χ0) is 17.0.